The van der Waals surface area contributed by atoms with Crippen molar-refractivity contribution in [2.75, 3.05) is 7.11 Å². The summed E-state index contributed by atoms with van der Waals surface area (Å²) in [5.41, 5.74) is 1.36. The number of hydrogen-bond acceptors (Lipinski definition) is 2. The average Bonchev–Trinajstić information content (AvgIpc) is 2.38. The molecule has 0 saturated carbocycles. The minimum Gasteiger partial charge on any atom is -0.544 e. The quantitative estimate of drug-likeness (QED) is 0.690. The van der Waals surface area contributed by atoms with Crippen molar-refractivity contribution in [3.63, 3.8) is 0 Å². The standard InChI is InChI=1S/C14H22O2Si/c1-5-11-17(12(3)15-4)16-14-9-7-13(6-2)8-10-14/h6-10,12,17H,2,5,11H2,1,3-4H3. The van der Waals surface area contributed by atoms with Gasteiger partial charge in [-0.25, -0.2) is 0 Å². The van der Waals surface area contributed by atoms with Gasteiger partial charge in [-0.2, -0.15) is 0 Å². The van der Waals surface area contributed by atoms with Gasteiger partial charge in [0.2, 0.25) is 0 Å². The van der Waals surface area contributed by atoms with Crippen LogP contribution in [-0.4, -0.2) is 21.9 Å². The molecule has 2 nitrogen and oxygen atoms in total. The Morgan fingerprint density at radius 1 is 1.35 bits per heavy atom. The number of benzene rings is 1. The second-order valence-corrected chi connectivity index (χ2v) is 6.99. The van der Waals surface area contributed by atoms with E-state index in [-0.39, 0.29) is 5.73 Å². The number of methoxy groups -OCH3 is 1. The number of rotatable bonds is 7. The average molecular weight is 250 g/mol. The summed E-state index contributed by atoms with van der Waals surface area (Å²) < 4.78 is 11.5. The Kier molecular flexibility index (Phi) is 6.01. The van der Waals surface area contributed by atoms with Crippen molar-refractivity contribution >= 4 is 15.1 Å². The number of hydrogen-bond donors (Lipinski definition) is 0. The van der Waals surface area contributed by atoms with Gasteiger partial charge in [-0.1, -0.05) is 38.1 Å². The van der Waals surface area contributed by atoms with Crippen molar-refractivity contribution in [2.24, 2.45) is 0 Å². The molecule has 0 spiro atoms. The van der Waals surface area contributed by atoms with Crippen molar-refractivity contribution in [1.29, 1.82) is 0 Å². The van der Waals surface area contributed by atoms with Crippen LogP contribution in [0.15, 0.2) is 30.8 Å². The first-order chi connectivity index (χ1) is 8.21. The minimum atomic E-state index is -1.33. The van der Waals surface area contributed by atoms with E-state index in [2.05, 4.69) is 20.4 Å². The molecule has 1 rings (SSSR count). The van der Waals surface area contributed by atoms with Crippen LogP contribution in [0, 0.1) is 0 Å². The maximum Gasteiger partial charge on any atom is 0.263 e. The Labute approximate surface area is 106 Å². The fourth-order valence-corrected chi connectivity index (χ4v) is 3.84. The van der Waals surface area contributed by atoms with Gasteiger partial charge >= 0.3 is 0 Å². The molecule has 17 heavy (non-hydrogen) atoms. The van der Waals surface area contributed by atoms with E-state index >= 15 is 0 Å². The van der Waals surface area contributed by atoms with Crippen molar-refractivity contribution < 1.29 is 9.16 Å². The van der Waals surface area contributed by atoms with Gasteiger partial charge in [0, 0.05) is 7.11 Å². The third kappa shape index (κ3) is 4.36. The Bertz CT molecular complexity index is 335. The van der Waals surface area contributed by atoms with Gasteiger partial charge in [0.25, 0.3) is 9.04 Å². The minimum absolute atomic E-state index is 0.244. The summed E-state index contributed by atoms with van der Waals surface area (Å²) in [6, 6.07) is 9.21. The van der Waals surface area contributed by atoms with Crippen LogP contribution in [0.25, 0.3) is 6.08 Å². The molecule has 1 aromatic carbocycles. The van der Waals surface area contributed by atoms with Gasteiger partial charge in [-0.05, 0) is 30.7 Å². The predicted octanol–water partition coefficient (Wildman–Crippen LogP) is 3.42. The molecule has 0 amide bonds. The molecule has 0 aliphatic carbocycles. The third-order valence-electron chi connectivity index (χ3n) is 2.87. The van der Waals surface area contributed by atoms with Gasteiger partial charge in [0.1, 0.15) is 5.75 Å². The van der Waals surface area contributed by atoms with E-state index < -0.39 is 9.04 Å². The smallest absolute Gasteiger partial charge is 0.263 e. The van der Waals surface area contributed by atoms with Crippen LogP contribution in [-0.2, 0) is 4.74 Å². The molecule has 2 atom stereocenters. The molecule has 0 saturated heterocycles. The predicted molar refractivity (Wildman–Crippen MR) is 75.9 cm³/mol. The van der Waals surface area contributed by atoms with E-state index in [1.807, 2.05) is 30.3 Å². The van der Waals surface area contributed by atoms with E-state index in [4.69, 9.17) is 9.16 Å². The zero-order valence-corrected chi connectivity index (χ0v) is 12.1. The normalized spacial score (nSPS) is 14.1. The van der Waals surface area contributed by atoms with Crippen LogP contribution in [0.1, 0.15) is 25.8 Å². The zero-order valence-electron chi connectivity index (χ0n) is 11.0. The monoisotopic (exact) mass is 250 g/mol. The van der Waals surface area contributed by atoms with Crippen molar-refractivity contribution in [2.45, 2.75) is 32.0 Å². The second-order valence-electron chi connectivity index (χ2n) is 4.16. The lowest BCUT2D eigenvalue weighted by molar-refractivity contribution is 0.164. The fraction of sp³-hybridized carbons (Fsp3) is 0.429. The summed E-state index contributed by atoms with van der Waals surface area (Å²) in [4.78, 5) is 0. The first-order valence-electron chi connectivity index (χ1n) is 6.13. The van der Waals surface area contributed by atoms with Crippen LogP contribution < -0.4 is 4.43 Å². The first kappa shape index (κ1) is 14.0. The molecule has 0 N–H and O–H groups in total. The van der Waals surface area contributed by atoms with Gasteiger partial charge < -0.3 is 9.16 Å². The van der Waals surface area contributed by atoms with Gasteiger partial charge in [-0.15, -0.1) is 0 Å². The molecule has 94 valence electrons. The summed E-state index contributed by atoms with van der Waals surface area (Å²) in [5.74, 6) is 0.949. The molecular formula is C14H22O2Si. The number of ether oxygens (including phenoxy) is 1. The van der Waals surface area contributed by atoms with E-state index in [0.29, 0.717) is 0 Å². The lowest BCUT2D eigenvalue weighted by atomic mass is 10.2. The van der Waals surface area contributed by atoms with Gasteiger partial charge in [0.05, 0.1) is 5.73 Å². The van der Waals surface area contributed by atoms with Crippen LogP contribution in [0.2, 0.25) is 6.04 Å². The lowest BCUT2D eigenvalue weighted by Crippen LogP contribution is -2.36. The highest BCUT2D eigenvalue weighted by atomic mass is 28.3. The summed E-state index contributed by atoms with van der Waals surface area (Å²) in [6.07, 6.45) is 2.98. The van der Waals surface area contributed by atoms with Crippen molar-refractivity contribution in [3.05, 3.63) is 36.4 Å². The molecular weight excluding hydrogens is 228 g/mol. The summed E-state index contributed by atoms with van der Waals surface area (Å²) in [7, 11) is 0.427. The molecule has 2 unspecified atom stereocenters. The summed E-state index contributed by atoms with van der Waals surface area (Å²) in [5, 5.41) is 0. The van der Waals surface area contributed by atoms with Crippen LogP contribution in [0.3, 0.4) is 0 Å². The highest BCUT2D eigenvalue weighted by Gasteiger charge is 2.20. The molecule has 0 aliphatic rings. The maximum absolute atomic E-state index is 6.09. The lowest BCUT2D eigenvalue weighted by Gasteiger charge is -2.22. The third-order valence-corrected chi connectivity index (χ3v) is 5.91. The van der Waals surface area contributed by atoms with E-state index in [1.54, 1.807) is 7.11 Å². The highest BCUT2D eigenvalue weighted by Crippen LogP contribution is 2.17. The zero-order chi connectivity index (χ0) is 12.7. The Morgan fingerprint density at radius 2 is 2.00 bits per heavy atom. The molecule has 0 aromatic heterocycles. The molecule has 3 heteroatoms. The first-order valence-corrected chi connectivity index (χ1v) is 8.08. The van der Waals surface area contributed by atoms with E-state index in [1.165, 1.54) is 0 Å². The van der Waals surface area contributed by atoms with Crippen molar-refractivity contribution in [3.8, 4) is 5.75 Å². The highest BCUT2D eigenvalue weighted by molar-refractivity contribution is 6.54. The largest absolute Gasteiger partial charge is 0.544 e. The van der Waals surface area contributed by atoms with Crippen LogP contribution in [0.5, 0.6) is 5.75 Å². The van der Waals surface area contributed by atoms with Gasteiger partial charge in [0.15, 0.2) is 0 Å². The molecule has 0 fully saturated rings. The SMILES string of the molecule is C=Cc1ccc(O[SiH](CCC)C(C)OC)cc1. The molecule has 1 aromatic rings. The Hall–Kier alpha value is -1.06. The van der Waals surface area contributed by atoms with Gasteiger partial charge in [-0.3, -0.25) is 0 Å². The van der Waals surface area contributed by atoms with Crippen LogP contribution in [0.4, 0.5) is 0 Å². The topological polar surface area (TPSA) is 18.5 Å². The Morgan fingerprint density at radius 3 is 2.47 bits per heavy atom. The molecule has 0 aliphatic heterocycles. The molecule has 0 bridgehead atoms. The summed E-state index contributed by atoms with van der Waals surface area (Å²) >= 11 is 0. The van der Waals surface area contributed by atoms with Crippen LogP contribution >= 0.6 is 0 Å². The maximum atomic E-state index is 6.09. The summed E-state index contributed by atoms with van der Waals surface area (Å²) in [6.45, 7) is 8.03. The molecule has 0 radical (unpaired) electrons. The second kappa shape index (κ2) is 7.30. The fourth-order valence-electron chi connectivity index (χ4n) is 1.68. The van der Waals surface area contributed by atoms with E-state index in [0.717, 1.165) is 23.8 Å². The Balaban J connectivity index is 2.67. The van der Waals surface area contributed by atoms with Crippen molar-refractivity contribution in [1.82, 2.24) is 0 Å². The van der Waals surface area contributed by atoms with E-state index in [9.17, 15) is 0 Å². The molecule has 0 heterocycles.